The highest BCUT2D eigenvalue weighted by Gasteiger charge is 2.82. The number of hydrogen-bond acceptors (Lipinski definition) is 13. The Morgan fingerprint density at radius 3 is 2.30 bits per heavy atom. The van der Waals surface area contributed by atoms with Crippen molar-refractivity contribution in [1.82, 2.24) is 5.32 Å². The van der Waals surface area contributed by atoms with E-state index in [9.17, 15) is 35.7 Å². The lowest BCUT2D eigenvalue weighted by molar-refractivity contribution is -0.548. The highest BCUT2D eigenvalue weighted by atomic mass is 16.9. The molecule has 1 spiro atoms. The van der Waals surface area contributed by atoms with Crippen LogP contribution in [0.25, 0.3) is 0 Å². The number of hydrogen-bond donors (Lipinski definition) is 10. The Balaban J connectivity index is 0.000000200. The maximum absolute atomic E-state index is 10.6. The van der Waals surface area contributed by atoms with Crippen LogP contribution in [0.2, 0.25) is 0 Å². The fraction of sp³-hybridized carbons (Fsp3) is 0.650. The van der Waals surface area contributed by atoms with Crippen molar-refractivity contribution >= 4 is 5.96 Å². The van der Waals surface area contributed by atoms with Crippen LogP contribution in [0, 0.1) is 5.92 Å². The second-order valence-corrected chi connectivity index (χ2v) is 8.93. The number of aliphatic imine (C=N–C) groups is 1. The second-order valence-electron chi connectivity index (χ2n) is 8.93. The third-order valence-corrected chi connectivity index (χ3v) is 6.86. The first kappa shape index (κ1) is 24.2. The van der Waals surface area contributed by atoms with Crippen molar-refractivity contribution in [1.29, 1.82) is 0 Å². The quantitative estimate of drug-likeness (QED) is 0.201. The molecule has 1 aromatic rings. The minimum atomic E-state index is -2.52. The standard InChI is InChI=1S/C11H17N3O8.C9H13NO/c12-8-13-6(17)2-4-9(19,1-15)5-3(16)10(2,14-8)7(18)11(20,21-4)22-5;1-7(10)9(11)8-5-3-2-4-6-8/h2-7,15-20H,1H2,(H3,12,13,14);2-7,9,11H,10H2,1H3/t2-,3?,4-,5+,6-,7+,9+,10-,11+;7-,9-/m11/s1. The van der Waals surface area contributed by atoms with Crippen LogP contribution >= 0.6 is 0 Å². The van der Waals surface area contributed by atoms with Crippen molar-refractivity contribution in [2.45, 2.75) is 66.8 Å². The number of nitrogens with two attached hydrogens (primary N) is 2. The normalized spacial score (nSPS) is 46.9. The molecule has 13 nitrogen and oxygen atoms in total. The summed E-state index contributed by atoms with van der Waals surface area (Å²) < 4.78 is 10.3. The van der Waals surface area contributed by atoms with E-state index < -0.39 is 66.4 Å². The average molecular weight is 470 g/mol. The summed E-state index contributed by atoms with van der Waals surface area (Å²) in [7, 11) is 0. The molecule has 184 valence electrons. The summed E-state index contributed by atoms with van der Waals surface area (Å²) in [6, 6.07) is 9.22. The maximum Gasteiger partial charge on any atom is 0.311 e. The number of guanidine groups is 1. The molecule has 4 bridgehead atoms. The van der Waals surface area contributed by atoms with Crippen molar-refractivity contribution in [3.8, 4) is 0 Å². The Hall–Kier alpha value is -1.91. The van der Waals surface area contributed by atoms with Crippen molar-refractivity contribution < 1.29 is 45.2 Å². The number of benzene rings is 1. The zero-order valence-corrected chi connectivity index (χ0v) is 17.8. The molecule has 11 atom stereocenters. The maximum atomic E-state index is 10.6. The molecule has 33 heavy (non-hydrogen) atoms. The van der Waals surface area contributed by atoms with Gasteiger partial charge >= 0.3 is 5.97 Å². The molecule has 3 saturated heterocycles. The SMILES string of the molecule is C[C@@H](N)[C@@H](O)c1ccccc1.NC1=N[C@H](O)[C@H]2[C@H]3O[C@]4(O)O[C@@H](C(O)[C@@]2(N1)[C@@H]4O)[C@]3(O)CO. The summed E-state index contributed by atoms with van der Waals surface area (Å²) in [5, 5.41) is 73.8. The predicted molar refractivity (Wildman–Crippen MR) is 111 cm³/mol. The van der Waals surface area contributed by atoms with Gasteiger partial charge in [0.05, 0.1) is 18.6 Å². The Morgan fingerprint density at radius 1 is 1.12 bits per heavy atom. The molecule has 13 heteroatoms. The second kappa shape index (κ2) is 8.09. The van der Waals surface area contributed by atoms with E-state index in [-0.39, 0.29) is 12.0 Å². The van der Waals surface area contributed by atoms with Gasteiger partial charge in [-0.1, -0.05) is 30.3 Å². The Morgan fingerprint density at radius 2 is 1.73 bits per heavy atom. The van der Waals surface area contributed by atoms with E-state index in [0.717, 1.165) is 5.56 Å². The molecule has 1 aromatic carbocycles. The van der Waals surface area contributed by atoms with Crippen LogP contribution in [0.15, 0.2) is 35.3 Å². The first-order valence-corrected chi connectivity index (χ1v) is 10.5. The van der Waals surface area contributed by atoms with E-state index in [0.29, 0.717) is 0 Å². The van der Waals surface area contributed by atoms with Gasteiger partial charge in [0.25, 0.3) is 0 Å². The van der Waals surface area contributed by atoms with Gasteiger partial charge in [0.1, 0.15) is 29.5 Å². The van der Waals surface area contributed by atoms with E-state index in [1.54, 1.807) is 6.92 Å². The monoisotopic (exact) mass is 470 g/mol. The fourth-order valence-electron chi connectivity index (χ4n) is 5.19. The van der Waals surface area contributed by atoms with E-state index in [1.165, 1.54) is 0 Å². The lowest BCUT2D eigenvalue weighted by atomic mass is 9.55. The van der Waals surface area contributed by atoms with E-state index >= 15 is 0 Å². The minimum absolute atomic E-state index is 0.211. The highest BCUT2D eigenvalue weighted by Crippen LogP contribution is 2.58. The number of nitrogens with one attached hydrogen (secondary N) is 1. The third-order valence-electron chi connectivity index (χ3n) is 6.86. The van der Waals surface area contributed by atoms with Crippen molar-refractivity contribution in [3.63, 3.8) is 0 Å². The molecule has 4 aliphatic heterocycles. The van der Waals surface area contributed by atoms with Crippen molar-refractivity contribution in [3.05, 3.63) is 35.9 Å². The van der Waals surface area contributed by atoms with Gasteiger partial charge in [-0.3, -0.25) is 0 Å². The Labute approximate surface area is 188 Å². The van der Waals surface area contributed by atoms with Crippen LogP contribution in [0.4, 0.5) is 0 Å². The zero-order chi connectivity index (χ0) is 24.3. The molecule has 4 heterocycles. The highest BCUT2D eigenvalue weighted by molar-refractivity contribution is 5.80. The summed E-state index contributed by atoms with van der Waals surface area (Å²) in [6.07, 6.45) is -8.32. The lowest BCUT2D eigenvalue weighted by Gasteiger charge is -2.71. The minimum Gasteiger partial charge on any atom is -0.393 e. The van der Waals surface area contributed by atoms with Crippen LogP contribution in [0.5, 0.6) is 0 Å². The van der Waals surface area contributed by atoms with Crippen molar-refractivity contribution in [2.75, 3.05) is 6.61 Å². The third kappa shape index (κ3) is 3.36. The first-order valence-electron chi connectivity index (χ1n) is 10.5. The Bertz CT molecular complexity index is 907. The summed E-state index contributed by atoms with van der Waals surface area (Å²) in [5.74, 6) is -3.95. The summed E-state index contributed by atoms with van der Waals surface area (Å²) in [4.78, 5) is 3.70. The topological polar surface area (TPSA) is 236 Å². The van der Waals surface area contributed by atoms with Gasteiger partial charge in [0.2, 0.25) is 0 Å². The van der Waals surface area contributed by atoms with E-state index in [1.807, 2.05) is 30.3 Å². The average Bonchev–Trinajstić information content (AvgIpc) is 2.78. The molecule has 0 radical (unpaired) electrons. The van der Waals surface area contributed by atoms with Crippen LogP contribution < -0.4 is 16.8 Å². The van der Waals surface area contributed by atoms with Gasteiger partial charge in [0.15, 0.2) is 18.3 Å². The summed E-state index contributed by atoms with van der Waals surface area (Å²) >= 11 is 0. The number of ether oxygens (including phenoxy) is 2. The van der Waals surface area contributed by atoms with Gasteiger partial charge in [-0.05, 0) is 12.5 Å². The summed E-state index contributed by atoms with van der Waals surface area (Å²) in [5.41, 5.74) is 8.13. The first-order chi connectivity index (χ1) is 15.4. The van der Waals surface area contributed by atoms with Crippen LogP contribution in [-0.4, -0.2) is 102 Å². The number of aliphatic hydroxyl groups is 7. The van der Waals surface area contributed by atoms with Crippen LogP contribution in [-0.2, 0) is 9.47 Å². The summed E-state index contributed by atoms with van der Waals surface area (Å²) in [6.45, 7) is 0.932. The van der Waals surface area contributed by atoms with Gasteiger partial charge < -0.3 is 62.0 Å². The largest absolute Gasteiger partial charge is 0.393 e. The molecular formula is C20H30N4O9. The lowest BCUT2D eigenvalue weighted by Crippen LogP contribution is -2.95. The molecule has 0 aromatic heterocycles. The van der Waals surface area contributed by atoms with Gasteiger partial charge in [0, 0.05) is 6.04 Å². The molecular weight excluding hydrogens is 440 g/mol. The zero-order valence-electron chi connectivity index (χ0n) is 17.8. The number of rotatable bonds is 3. The Kier molecular flexibility index (Phi) is 5.94. The predicted octanol–water partition coefficient (Wildman–Crippen LogP) is -4.45. The van der Waals surface area contributed by atoms with Gasteiger partial charge in [-0.2, -0.15) is 0 Å². The van der Waals surface area contributed by atoms with E-state index in [2.05, 4.69) is 10.3 Å². The van der Waals surface area contributed by atoms with E-state index in [4.69, 9.17) is 20.9 Å². The molecule has 1 saturated carbocycles. The molecule has 1 unspecified atom stereocenters. The molecule has 5 aliphatic rings. The molecule has 12 N–H and O–H groups in total. The number of nitrogens with zero attached hydrogens (tertiary/aromatic N) is 1. The molecule has 4 fully saturated rings. The van der Waals surface area contributed by atoms with Crippen LogP contribution in [0.1, 0.15) is 18.6 Å². The fourth-order valence-corrected chi connectivity index (χ4v) is 5.19. The molecule has 0 amide bonds. The van der Waals surface area contributed by atoms with Crippen molar-refractivity contribution in [2.24, 2.45) is 22.4 Å². The molecule has 1 aliphatic carbocycles. The van der Waals surface area contributed by atoms with Gasteiger partial charge in [-0.25, -0.2) is 4.99 Å². The molecule has 6 rings (SSSR count). The van der Waals surface area contributed by atoms with Crippen LogP contribution in [0.3, 0.4) is 0 Å². The van der Waals surface area contributed by atoms with Gasteiger partial charge in [-0.15, -0.1) is 0 Å². The number of aliphatic hydroxyl groups excluding tert-OH is 5. The smallest absolute Gasteiger partial charge is 0.311 e.